The number of hydrogen-bond donors (Lipinski definition) is 2. The van der Waals surface area contributed by atoms with Gasteiger partial charge in [-0.2, -0.15) is 0 Å². The Hall–Kier alpha value is 0.820. The van der Waals surface area contributed by atoms with Crippen molar-refractivity contribution in [2.75, 3.05) is 0 Å². The second kappa shape index (κ2) is 6.53. The van der Waals surface area contributed by atoms with Gasteiger partial charge in [0.15, 0.2) is 0 Å². The number of phenolic OH excluding ortho intramolecular Hbond substituents is 2. The molecule has 0 heterocycles. The molecule has 0 spiro atoms. The van der Waals surface area contributed by atoms with Crippen molar-refractivity contribution in [2.24, 2.45) is 0 Å². The first-order chi connectivity index (χ1) is 3.79. The van der Waals surface area contributed by atoms with E-state index in [1.54, 1.807) is 6.07 Å². The monoisotopic (exact) mass is 156 g/mol. The molecule has 0 atom stereocenters. The van der Waals surface area contributed by atoms with Gasteiger partial charge in [0.1, 0.15) is 11.5 Å². The van der Waals surface area contributed by atoms with Crippen LogP contribution in [0.15, 0.2) is 24.3 Å². The van der Waals surface area contributed by atoms with Crippen LogP contribution in [-0.2, 0) is 0 Å². The molecule has 0 aromatic heterocycles. The summed E-state index contributed by atoms with van der Waals surface area (Å²) in [5, 5.41) is 17.3. The Bertz CT molecular complexity index is 174. The smallest absolute Gasteiger partial charge is 0.508 e. The van der Waals surface area contributed by atoms with Crippen LogP contribution in [0.25, 0.3) is 0 Å². The second-order valence-electron chi connectivity index (χ2n) is 1.52. The van der Waals surface area contributed by atoms with Crippen molar-refractivity contribution in [2.45, 2.75) is 0 Å². The quantitative estimate of drug-likeness (QED) is 0.370. The molecule has 2 nitrogen and oxygen atoms in total. The number of hydrogen-bond acceptors (Lipinski definition) is 2. The third kappa shape index (κ3) is 4.61. The van der Waals surface area contributed by atoms with Gasteiger partial charge in [-0.05, 0) is 12.1 Å². The van der Waals surface area contributed by atoms with Crippen molar-refractivity contribution in [3.05, 3.63) is 24.3 Å². The van der Waals surface area contributed by atoms with Crippen LogP contribution in [-0.4, -0.2) is 10.2 Å². The number of benzene rings is 1. The average molecular weight is 156 g/mol. The molecule has 0 bridgehead atoms. The Morgan fingerprint density at radius 3 is 1.50 bits per heavy atom. The molecule has 4 heteroatoms. The average Bonchev–Trinajstić information content (AvgIpc) is 1.64. The zero-order valence-electron chi connectivity index (χ0n) is 6.20. The maximum atomic E-state index is 8.65. The molecule has 0 fully saturated rings. The summed E-state index contributed by atoms with van der Waals surface area (Å²) in [4.78, 5) is 0. The summed E-state index contributed by atoms with van der Waals surface area (Å²) in [5.41, 5.74) is 0. The summed E-state index contributed by atoms with van der Waals surface area (Å²) in [6, 6.07) is 5.85. The van der Waals surface area contributed by atoms with Crippen LogP contribution in [0.4, 0.5) is 0 Å². The first-order valence-corrected chi connectivity index (χ1v) is 2.27. The summed E-state index contributed by atoms with van der Waals surface area (Å²) >= 11 is 0. The third-order valence-electron chi connectivity index (χ3n) is 0.830. The van der Waals surface area contributed by atoms with E-state index < -0.39 is 0 Å². The van der Waals surface area contributed by atoms with Gasteiger partial charge in [-0.15, -0.1) is 0 Å². The van der Waals surface area contributed by atoms with E-state index in [4.69, 9.17) is 10.2 Å². The van der Waals surface area contributed by atoms with E-state index >= 15 is 0 Å². The van der Waals surface area contributed by atoms with Crippen molar-refractivity contribution in [1.29, 1.82) is 0 Å². The molecule has 0 amide bonds. The van der Waals surface area contributed by atoms with Crippen molar-refractivity contribution in [3.63, 3.8) is 0 Å². The van der Waals surface area contributed by atoms with Crippen LogP contribution in [0, 0.1) is 0 Å². The van der Waals surface area contributed by atoms with Gasteiger partial charge in [0.2, 0.25) is 0 Å². The molecule has 1 rings (SSSR count). The van der Waals surface area contributed by atoms with Gasteiger partial charge in [0.05, 0.1) is 0 Å². The number of rotatable bonds is 0. The van der Waals surface area contributed by atoms with Crippen LogP contribution in [0.5, 0.6) is 11.5 Å². The van der Waals surface area contributed by atoms with Crippen LogP contribution in [0.3, 0.4) is 0 Å². The molecule has 0 unspecified atom stereocenters. The molecule has 0 aliphatic heterocycles. The summed E-state index contributed by atoms with van der Waals surface area (Å²) in [6.45, 7) is 0. The normalized spacial score (nSPS) is 7.20. The SMILES string of the molecule is Oc1cccc(O)c1.[Na+].[Na+]. The zero-order chi connectivity index (χ0) is 5.98. The fourth-order valence-electron chi connectivity index (χ4n) is 0.493. The molecule has 2 N–H and O–H groups in total. The van der Waals surface area contributed by atoms with E-state index in [2.05, 4.69) is 0 Å². The number of aromatic hydroxyl groups is 2. The minimum atomic E-state index is 0. The minimum absolute atomic E-state index is 0. The van der Waals surface area contributed by atoms with Crippen LogP contribution in [0.1, 0.15) is 0 Å². The molecular weight excluding hydrogens is 150 g/mol. The first-order valence-electron chi connectivity index (χ1n) is 2.27. The van der Waals surface area contributed by atoms with Gasteiger partial charge in [0.25, 0.3) is 0 Å². The van der Waals surface area contributed by atoms with Gasteiger partial charge in [-0.25, -0.2) is 0 Å². The molecule has 0 aliphatic carbocycles. The molecule has 42 valence electrons. The second-order valence-corrected chi connectivity index (χ2v) is 1.52. The van der Waals surface area contributed by atoms with Gasteiger partial charge in [0, 0.05) is 6.07 Å². The molecule has 0 saturated heterocycles. The fourth-order valence-corrected chi connectivity index (χ4v) is 0.493. The first kappa shape index (κ1) is 13.4. The van der Waals surface area contributed by atoms with Crippen LogP contribution in [0.2, 0.25) is 0 Å². The van der Waals surface area contributed by atoms with Crippen molar-refractivity contribution in [1.82, 2.24) is 0 Å². The maximum absolute atomic E-state index is 8.65. The van der Waals surface area contributed by atoms with E-state index in [0.29, 0.717) is 0 Å². The van der Waals surface area contributed by atoms with Gasteiger partial charge in [-0.1, -0.05) is 6.07 Å². The standard InChI is InChI=1S/C6H6O2.2Na/c7-5-2-1-3-6(8)4-5;;/h1-4,7-8H;;/q;2*+1. The summed E-state index contributed by atoms with van der Waals surface area (Å²) in [7, 11) is 0. The minimum Gasteiger partial charge on any atom is -0.508 e. The predicted octanol–water partition coefficient (Wildman–Crippen LogP) is -4.89. The van der Waals surface area contributed by atoms with Crippen molar-refractivity contribution >= 4 is 0 Å². The summed E-state index contributed by atoms with van der Waals surface area (Å²) in [5.74, 6) is 0.176. The van der Waals surface area contributed by atoms with Gasteiger partial charge >= 0.3 is 59.1 Å². The van der Waals surface area contributed by atoms with Gasteiger partial charge in [-0.3, -0.25) is 0 Å². The van der Waals surface area contributed by atoms with E-state index in [0.717, 1.165) is 0 Å². The summed E-state index contributed by atoms with van der Waals surface area (Å²) in [6.07, 6.45) is 0. The predicted molar refractivity (Wildman–Crippen MR) is 29.8 cm³/mol. The molecule has 1 aromatic rings. The summed E-state index contributed by atoms with van der Waals surface area (Å²) < 4.78 is 0. The van der Waals surface area contributed by atoms with Crippen molar-refractivity contribution in [3.8, 4) is 11.5 Å². The Morgan fingerprint density at radius 2 is 1.30 bits per heavy atom. The third-order valence-corrected chi connectivity index (χ3v) is 0.830. The Kier molecular flexibility index (Phi) is 8.75. The fraction of sp³-hybridized carbons (Fsp3) is 0. The van der Waals surface area contributed by atoms with E-state index in [-0.39, 0.29) is 70.6 Å². The molecule has 0 aliphatic rings. The van der Waals surface area contributed by atoms with E-state index in [1.165, 1.54) is 18.2 Å². The van der Waals surface area contributed by atoms with Crippen molar-refractivity contribution < 1.29 is 69.3 Å². The van der Waals surface area contributed by atoms with Crippen LogP contribution >= 0.6 is 0 Å². The zero-order valence-corrected chi connectivity index (χ0v) is 10.2. The maximum Gasteiger partial charge on any atom is 1.00 e. The molecule has 0 saturated carbocycles. The van der Waals surface area contributed by atoms with E-state index in [9.17, 15) is 0 Å². The molecule has 0 radical (unpaired) electrons. The Morgan fingerprint density at radius 1 is 0.900 bits per heavy atom. The molecular formula is C6H6Na2O2+2. The molecule has 10 heavy (non-hydrogen) atoms. The topological polar surface area (TPSA) is 40.5 Å². The Labute approximate surface area is 104 Å². The van der Waals surface area contributed by atoms with E-state index in [1.807, 2.05) is 0 Å². The molecule has 1 aromatic carbocycles. The Balaban J connectivity index is 0. The van der Waals surface area contributed by atoms with Crippen LogP contribution < -0.4 is 59.1 Å². The van der Waals surface area contributed by atoms with Gasteiger partial charge < -0.3 is 10.2 Å². The number of phenols is 2. The largest absolute Gasteiger partial charge is 1.00 e.